The van der Waals surface area contributed by atoms with E-state index in [1.54, 1.807) is 12.1 Å². The smallest absolute Gasteiger partial charge is 0.126 e. The monoisotopic (exact) mass is 434 g/mol. The van der Waals surface area contributed by atoms with Gasteiger partial charge >= 0.3 is 0 Å². The Balaban J connectivity index is 1.46. The molecule has 0 spiro atoms. The fourth-order valence-electron chi connectivity index (χ4n) is 4.79. The van der Waals surface area contributed by atoms with Crippen molar-refractivity contribution in [1.82, 2.24) is 24.8 Å². The first-order chi connectivity index (χ1) is 15.8. The Morgan fingerprint density at radius 3 is 2.53 bits per heavy atom. The van der Waals surface area contributed by atoms with Crippen molar-refractivity contribution in [3.8, 4) is 22.5 Å². The molecular weight excluding hydrogens is 403 g/mol. The summed E-state index contributed by atoms with van der Waals surface area (Å²) in [6, 6.07) is 11.3. The molecule has 1 saturated heterocycles. The van der Waals surface area contributed by atoms with E-state index in [-0.39, 0.29) is 5.82 Å². The van der Waals surface area contributed by atoms with Gasteiger partial charge in [0, 0.05) is 62.6 Å². The van der Waals surface area contributed by atoms with E-state index in [1.165, 1.54) is 37.8 Å². The number of hydrogen-bond acceptors (Lipinski definition) is 5. The molecule has 2 aromatic heterocycles. The fourth-order valence-corrected chi connectivity index (χ4v) is 4.79. The van der Waals surface area contributed by atoms with Crippen LogP contribution in [0.4, 0.5) is 10.2 Å². The molecule has 2 aliphatic rings. The molecule has 1 saturated carbocycles. The fraction of sp³-hybridized carbons (Fsp3) is 0.440. The lowest BCUT2D eigenvalue weighted by Crippen LogP contribution is -2.44. The highest BCUT2D eigenvalue weighted by Gasteiger charge is 2.19. The first-order valence-electron chi connectivity index (χ1n) is 11.7. The second-order valence-electron chi connectivity index (χ2n) is 8.79. The Morgan fingerprint density at radius 1 is 0.969 bits per heavy atom. The molecule has 2 fully saturated rings. The molecular formula is C25H31FN6. The van der Waals surface area contributed by atoms with Gasteiger partial charge in [-0.3, -0.25) is 4.90 Å². The average Bonchev–Trinajstić information content (AvgIpc) is 3.49. The minimum atomic E-state index is -0.236. The van der Waals surface area contributed by atoms with Crippen molar-refractivity contribution in [3.05, 3.63) is 54.7 Å². The van der Waals surface area contributed by atoms with Gasteiger partial charge in [0.05, 0.1) is 17.7 Å². The molecule has 5 rings (SSSR count). The third kappa shape index (κ3) is 4.84. The molecule has 0 amide bonds. The molecule has 2 N–H and O–H groups in total. The van der Waals surface area contributed by atoms with Crippen LogP contribution in [0.5, 0.6) is 0 Å². The molecule has 3 heterocycles. The number of hydrogen-bond donors (Lipinski definition) is 2. The number of rotatable bonds is 7. The van der Waals surface area contributed by atoms with Crippen molar-refractivity contribution in [2.75, 3.05) is 38.0 Å². The number of piperazine rings is 1. The molecule has 7 heteroatoms. The van der Waals surface area contributed by atoms with Crippen LogP contribution in [0, 0.1) is 5.82 Å². The highest BCUT2D eigenvalue weighted by molar-refractivity contribution is 5.79. The zero-order valence-electron chi connectivity index (χ0n) is 18.4. The Kier molecular flexibility index (Phi) is 6.46. The normalized spacial score (nSPS) is 17.7. The molecule has 3 aromatic rings. The standard InChI is InChI=1S/C25H31FN6/c26-21-7-5-19(6-8-21)24-25(32(18-29-24)16-15-31-13-11-27-12-14-31)20-9-10-28-23(17-20)30-22-3-1-2-4-22/h5-10,17-18,22,27H,1-4,11-16H2,(H,28,30). The van der Waals surface area contributed by atoms with Gasteiger partial charge in [0.15, 0.2) is 0 Å². The summed E-state index contributed by atoms with van der Waals surface area (Å²) >= 11 is 0. The molecule has 1 aliphatic heterocycles. The summed E-state index contributed by atoms with van der Waals surface area (Å²) in [5.74, 6) is 0.676. The molecule has 0 atom stereocenters. The summed E-state index contributed by atoms with van der Waals surface area (Å²) in [6.07, 6.45) is 8.76. The predicted molar refractivity (Wildman–Crippen MR) is 126 cm³/mol. The van der Waals surface area contributed by atoms with E-state index in [9.17, 15) is 4.39 Å². The number of anilines is 1. The molecule has 1 aromatic carbocycles. The Morgan fingerprint density at radius 2 is 1.75 bits per heavy atom. The van der Waals surface area contributed by atoms with Gasteiger partial charge < -0.3 is 15.2 Å². The molecule has 1 aliphatic carbocycles. The molecule has 0 unspecified atom stereocenters. The quantitative estimate of drug-likeness (QED) is 0.588. The summed E-state index contributed by atoms with van der Waals surface area (Å²) < 4.78 is 15.8. The van der Waals surface area contributed by atoms with E-state index in [4.69, 9.17) is 4.98 Å². The minimum absolute atomic E-state index is 0.236. The Labute approximate surface area is 188 Å². The number of nitrogens with one attached hydrogen (secondary N) is 2. The van der Waals surface area contributed by atoms with Crippen molar-refractivity contribution in [1.29, 1.82) is 0 Å². The Bertz CT molecular complexity index is 1020. The minimum Gasteiger partial charge on any atom is -0.367 e. The van der Waals surface area contributed by atoms with Gasteiger partial charge in [-0.1, -0.05) is 12.8 Å². The van der Waals surface area contributed by atoms with Gasteiger partial charge in [0.25, 0.3) is 0 Å². The van der Waals surface area contributed by atoms with Gasteiger partial charge in [0.2, 0.25) is 0 Å². The van der Waals surface area contributed by atoms with E-state index in [2.05, 4.69) is 31.2 Å². The first-order valence-corrected chi connectivity index (χ1v) is 11.7. The van der Waals surface area contributed by atoms with Crippen LogP contribution < -0.4 is 10.6 Å². The lowest BCUT2D eigenvalue weighted by atomic mass is 10.1. The third-order valence-corrected chi connectivity index (χ3v) is 6.56. The SMILES string of the molecule is Fc1ccc(-c2ncn(CCN3CCNCC3)c2-c2ccnc(NC3CCCC3)c2)cc1. The lowest BCUT2D eigenvalue weighted by molar-refractivity contribution is 0.233. The van der Waals surface area contributed by atoms with Crippen LogP contribution in [0.2, 0.25) is 0 Å². The van der Waals surface area contributed by atoms with Gasteiger partial charge in [-0.25, -0.2) is 14.4 Å². The molecule has 168 valence electrons. The van der Waals surface area contributed by atoms with Crippen LogP contribution in [0.1, 0.15) is 25.7 Å². The molecule has 0 bridgehead atoms. The average molecular weight is 435 g/mol. The van der Waals surface area contributed by atoms with E-state index < -0.39 is 0 Å². The van der Waals surface area contributed by atoms with Crippen LogP contribution in [0.15, 0.2) is 48.9 Å². The van der Waals surface area contributed by atoms with Gasteiger partial charge in [-0.05, 0) is 49.2 Å². The molecule has 32 heavy (non-hydrogen) atoms. The lowest BCUT2D eigenvalue weighted by Gasteiger charge is -2.27. The van der Waals surface area contributed by atoms with Crippen LogP contribution in [-0.4, -0.2) is 58.2 Å². The van der Waals surface area contributed by atoms with Crippen molar-refractivity contribution in [3.63, 3.8) is 0 Å². The molecule has 0 radical (unpaired) electrons. The van der Waals surface area contributed by atoms with E-state index in [1.807, 2.05) is 18.6 Å². The van der Waals surface area contributed by atoms with Crippen molar-refractivity contribution in [2.24, 2.45) is 0 Å². The van der Waals surface area contributed by atoms with Gasteiger partial charge in [-0.15, -0.1) is 0 Å². The molecule has 6 nitrogen and oxygen atoms in total. The van der Waals surface area contributed by atoms with Gasteiger partial charge in [-0.2, -0.15) is 0 Å². The number of pyridine rings is 1. The summed E-state index contributed by atoms with van der Waals surface area (Å²) in [6.45, 7) is 6.05. The maximum absolute atomic E-state index is 13.6. The summed E-state index contributed by atoms with van der Waals surface area (Å²) in [5.41, 5.74) is 3.94. The first kappa shape index (κ1) is 21.1. The third-order valence-electron chi connectivity index (χ3n) is 6.56. The maximum atomic E-state index is 13.6. The van der Waals surface area contributed by atoms with Crippen molar-refractivity contribution >= 4 is 5.82 Å². The summed E-state index contributed by atoms with van der Waals surface area (Å²) in [4.78, 5) is 11.8. The van der Waals surface area contributed by atoms with Gasteiger partial charge in [0.1, 0.15) is 11.6 Å². The number of imidazole rings is 1. The number of halogens is 1. The number of aromatic nitrogens is 3. The second kappa shape index (κ2) is 9.79. The zero-order chi connectivity index (χ0) is 21.8. The van der Waals surface area contributed by atoms with Crippen LogP contribution in [0.25, 0.3) is 22.5 Å². The van der Waals surface area contributed by atoms with E-state index in [0.717, 1.165) is 67.6 Å². The second-order valence-corrected chi connectivity index (χ2v) is 8.79. The van der Waals surface area contributed by atoms with Crippen LogP contribution in [-0.2, 0) is 6.54 Å². The number of nitrogens with zero attached hydrogens (tertiary/aromatic N) is 4. The zero-order valence-corrected chi connectivity index (χ0v) is 18.4. The highest BCUT2D eigenvalue weighted by atomic mass is 19.1. The van der Waals surface area contributed by atoms with E-state index >= 15 is 0 Å². The predicted octanol–water partition coefficient (Wildman–Crippen LogP) is 4.01. The number of benzene rings is 1. The largest absolute Gasteiger partial charge is 0.367 e. The maximum Gasteiger partial charge on any atom is 0.126 e. The summed E-state index contributed by atoms with van der Waals surface area (Å²) in [5, 5.41) is 7.02. The van der Waals surface area contributed by atoms with Crippen molar-refractivity contribution in [2.45, 2.75) is 38.3 Å². The van der Waals surface area contributed by atoms with Crippen LogP contribution in [0.3, 0.4) is 0 Å². The Hall–Kier alpha value is -2.77. The topological polar surface area (TPSA) is 58.0 Å². The summed E-state index contributed by atoms with van der Waals surface area (Å²) in [7, 11) is 0. The van der Waals surface area contributed by atoms with Crippen molar-refractivity contribution < 1.29 is 4.39 Å². The highest BCUT2D eigenvalue weighted by Crippen LogP contribution is 2.33. The van der Waals surface area contributed by atoms with E-state index in [0.29, 0.717) is 6.04 Å². The van der Waals surface area contributed by atoms with Crippen LogP contribution >= 0.6 is 0 Å².